The summed E-state index contributed by atoms with van der Waals surface area (Å²) >= 11 is 0. The molecule has 8 aromatic rings. The van der Waals surface area contributed by atoms with E-state index in [1.54, 1.807) is 0 Å². The number of phosphoric ester groups is 2. The number of nitrogens with two attached hydrogens (primary N) is 4. The first-order chi connectivity index (χ1) is 43.2. The molecule has 12 rings (SSSR count). The van der Waals surface area contributed by atoms with Gasteiger partial charge in [-0.2, -0.15) is 0 Å². The van der Waals surface area contributed by atoms with Crippen molar-refractivity contribution in [2.45, 2.75) is 98.2 Å². The molecule has 0 saturated carbocycles. The molecule has 12 heterocycles. The van der Waals surface area contributed by atoms with Gasteiger partial charge in [-0.15, -0.1) is 0 Å². The highest BCUT2D eigenvalue weighted by molar-refractivity contribution is 7.52. The van der Waals surface area contributed by atoms with Crippen LogP contribution < -0.4 is 22.9 Å². The van der Waals surface area contributed by atoms with Crippen LogP contribution in [0.3, 0.4) is 0 Å². The maximum Gasteiger partial charge on any atom is 0.472 e. The zero-order chi connectivity index (χ0) is 64.6. The van der Waals surface area contributed by atoms with Crippen molar-refractivity contribution >= 4 is 98.8 Å². The Morgan fingerprint density at radius 1 is 0.396 bits per heavy atom. The number of hydrogen-bond donors (Lipinski definition) is 14. The minimum absolute atomic E-state index is 0.00405. The van der Waals surface area contributed by atoms with E-state index in [0.29, 0.717) is 0 Å². The number of aliphatic hydroxyl groups excluding tert-OH is 5. The first-order valence-corrected chi connectivity index (χ1v) is 33.0. The molecular formula is C42H54N20O25P4. The molecule has 492 valence electrons. The minimum atomic E-state index is -5.40. The molecule has 0 amide bonds. The number of hydrogen-bond acceptors (Lipinski definition) is 36. The van der Waals surface area contributed by atoms with Crippen LogP contribution in [-0.4, -0.2) is 240 Å². The van der Waals surface area contributed by atoms with Crippen molar-refractivity contribution in [2.75, 3.05) is 62.1 Å². The van der Waals surface area contributed by atoms with E-state index in [9.17, 15) is 68.3 Å². The molecule has 18 N–H and O–H groups in total. The standard InChI is InChI=1S/C42H54N20O25P4/c43-31-19-35(51-5-47-31)59(9-55-19)39-27(67)23(63)15(83-39)4-82-91(75,76)87-30-26(66)17(86-42(30)62-12-58-22-34(46)50-8-54-38(22)62)2-80-89(70,71)13-77-28-24(64)16(84-40(28)60-10-56-20-32(44)48-6-52-36(20)60)1-79-88(68,69)14-78-29-25(65)18(3-81-90(72,73)74)85-41(29)61-11-57-21-33(45)49-7-53-37(21)61/h5-12,15-18,23-30,39-42,63-67H,1-4,13-14H2,(H,68,69)(H,70,71)(H,75,76)(H2,43,47,51)(H2,44,48,52)(H2,45,49,53)(H2,46,50,54)(H2,72,73,74)/t15-,16-,17-,18-,23-,24+,25+,26-,27-,28-,29-,30-,39-,40-,41-,42-/m1/s1. The van der Waals surface area contributed by atoms with Gasteiger partial charge in [-0.05, 0) is 0 Å². The number of anilines is 4. The van der Waals surface area contributed by atoms with E-state index >= 15 is 0 Å². The third kappa shape index (κ3) is 13.0. The van der Waals surface area contributed by atoms with Crippen LogP contribution in [0.15, 0.2) is 50.6 Å². The van der Waals surface area contributed by atoms with Crippen molar-refractivity contribution in [3.63, 3.8) is 0 Å². The first kappa shape index (κ1) is 64.6. The third-order valence-electron chi connectivity index (χ3n) is 14.7. The van der Waals surface area contributed by atoms with Crippen LogP contribution in [0, 0.1) is 0 Å². The maximum absolute atomic E-state index is 13.9. The summed E-state index contributed by atoms with van der Waals surface area (Å²) in [6.07, 6.45) is -20.3. The van der Waals surface area contributed by atoms with Gasteiger partial charge in [0.15, 0.2) is 70.8 Å². The zero-order valence-corrected chi connectivity index (χ0v) is 49.5. The van der Waals surface area contributed by atoms with Crippen LogP contribution in [0.4, 0.5) is 23.3 Å². The first-order valence-electron chi connectivity index (χ1n) is 26.4. The fourth-order valence-corrected chi connectivity index (χ4v) is 13.3. The number of rotatable bonds is 24. The zero-order valence-electron chi connectivity index (χ0n) is 45.9. The Bertz CT molecular complexity index is 4190. The molecule has 4 aliphatic rings. The van der Waals surface area contributed by atoms with Crippen molar-refractivity contribution < 1.29 is 119 Å². The smallest absolute Gasteiger partial charge is 0.387 e. The molecule has 3 unspecified atom stereocenters. The van der Waals surface area contributed by atoms with Crippen molar-refractivity contribution in [3.8, 4) is 0 Å². The van der Waals surface area contributed by atoms with Crippen LogP contribution >= 0.6 is 30.8 Å². The number of ether oxygens (including phenoxy) is 6. The van der Waals surface area contributed by atoms with E-state index in [1.807, 2.05) is 0 Å². The second kappa shape index (κ2) is 25.1. The highest BCUT2D eigenvalue weighted by atomic mass is 31.2. The lowest BCUT2D eigenvalue weighted by atomic mass is 10.1. The predicted octanol–water partition coefficient (Wildman–Crippen LogP) is -4.23. The topological polar surface area (TPSA) is 651 Å². The lowest BCUT2D eigenvalue weighted by Gasteiger charge is -2.25. The van der Waals surface area contributed by atoms with Gasteiger partial charge in [0.25, 0.3) is 0 Å². The summed E-state index contributed by atoms with van der Waals surface area (Å²) in [5.74, 6) is -0.242. The fourth-order valence-electron chi connectivity index (χ4n) is 10.4. The van der Waals surface area contributed by atoms with Crippen LogP contribution in [-0.2, 0) is 69.3 Å². The summed E-state index contributed by atoms with van der Waals surface area (Å²) in [4.78, 5) is 101. The van der Waals surface area contributed by atoms with Crippen LogP contribution in [0.25, 0.3) is 44.7 Å². The van der Waals surface area contributed by atoms with Gasteiger partial charge >= 0.3 is 30.8 Å². The summed E-state index contributed by atoms with van der Waals surface area (Å²) < 4.78 is 119. The highest BCUT2D eigenvalue weighted by Gasteiger charge is 2.54. The van der Waals surface area contributed by atoms with Gasteiger partial charge in [-0.1, -0.05) is 0 Å². The second-order valence-corrected chi connectivity index (χ2v) is 26.8. The monoisotopic (exact) mass is 1360 g/mol. The Labute approximate surface area is 505 Å². The fraction of sp³-hybridized carbons (Fsp3) is 0.524. The lowest BCUT2D eigenvalue weighted by Crippen LogP contribution is -2.37. The summed E-state index contributed by atoms with van der Waals surface area (Å²) in [6, 6.07) is 0. The summed E-state index contributed by atoms with van der Waals surface area (Å²) in [5, 5.41) is 56.7. The van der Waals surface area contributed by atoms with Crippen LogP contribution in [0.1, 0.15) is 24.9 Å². The van der Waals surface area contributed by atoms with Gasteiger partial charge in [-0.3, -0.25) is 41.0 Å². The maximum atomic E-state index is 13.9. The average Bonchev–Trinajstić information content (AvgIpc) is 1.75. The van der Waals surface area contributed by atoms with Crippen LogP contribution in [0.5, 0.6) is 0 Å². The van der Waals surface area contributed by atoms with Gasteiger partial charge in [-0.25, -0.2) is 68.9 Å². The summed E-state index contributed by atoms with van der Waals surface area (Å²) in [7, 11) is -20.6. The number of phosphoric acid groups is 2. The minimum Gasteiger partial charge on any atom is -0.387 e. The van der Waals surface area contributed by atoms with E-state index in [0.717, 1.165) is 42.5 Å². The Morgan fingerprint density at radius 2 is 0.703 bits per heavy atom. The summed E-state index contributed by atoms with van der Waals surface area (Å²) in [5.41, 5.74) is 24.3. The van der Waals surface area contributed by atoms with E-state index in [1.165, 1.54) is 26.4 Å². The molecule has 4 aliphatic heterocycles. The lowest BCUT2D eigenvalue weighted by molar-refractivity contribution is -0.0688. The molecule has 0 aromatic carbocycles. The van der Waals surface area contributed by atoms with Crippen molar-refractivity contribution in [2.24, 2.45) is 0 Å². The number of imidazole rings is 4. The molecule has 45 nitrogen and oxygen atoms in total. The Morgan fingerprint density at radius 3 is 1.08 bits per heavy atom. The molecule has 19 atom stereocenters. The predicted molar refractivity (Wildman–Crippen MR) is 294 cm³/mol. The van der Waals surface area contributed by atoms with Gasteiger partial charge < -0.3 is 110 Å². The molecule has 49 heteroatoms. The van der Waals surface area contributed by atoms with E-state index < -0.39 is 168 Å². The number of aromatic nitrogens is 16. The van der Waals surface area contributed by atoms with Crippen molar-refractivity contribution in [1.29, 1.82) is 0 Å². The molecule has 0 radical (unpaired) electrons. The third-order valence-corrected chi connectivity index (χ3v) is 18.3. The molecule has 4 saturated heterocycles. The average molecular weight is 1360 g/mol. The van der Waals surface area contributed by atoms with Crippen molar-refractivity contribution in [1.82, 2.24) is 78.1 Å². The molecule has 0 bridgehead atoms. The van der Waals surface area contributed by atoms with E-state index in [4.69, 9.17) is 69.5 Å². The Balaban J connectivity index is 0.717. The van der Waals surface area contributed by atoms with E-state index in [-0.39, 0.29) is 67.9 Å². The quantitative estimate of drug-likeness (QED) is 0.0255. The van der Waals surface area contributed by atoms with Gasteiger partial charge in [0, 0.05) is 0 Å². The van der Waals surface area contributed by atoms with Crippen LogP contribution in [0.2, 0.25) is 0 Å². The van der Waals surface area contributed by atoms with Crippen molar-refractivity contribution in [3.05, 3.63) is 50.6 Å². The molecule has 91 heavy (non-hydrogen) atoms. The largest absolute Gasteiger partial charge is 0.472 e. The number of nitrogens with zero attached hydrogens (tertiary/aromatic N) is 16. The highest BCUT2D eigenvalue weighted by Crippen LogP contribution is 2.52. The number of fused-ring (bicyclic) bond motifs is 4. The molecule has 8 aromatic heterocycles. The van der Waals surface area contributed by atoms with E-state index in [2.05, 4.69) is 64.3 Å². The molecular weight excluding hydrogens is 1310 g/mol. The molecule has 4 fully saturated rings. The normalized spacial score (nSPS) is 30.9. The number of aliphatic hydroxyl groups is 5. The number of nitrogen functional groups attached to an aromatic ring is 4. The van der Waals surface area contributed by atoms with Gasteiger partial charge in [0.1, 0.15) is 133 Å². The molecule has 0 aliphatic carbocycles. The molecule has 0 spiro atoms. The summed E-state index contributed by atoms with van der Waals surface area (Å²) in [6.45, 7) is -3.72. The van der Waals surface area contributed by atoms with Gasteiger partial charge in [0.05, 0.1) is 51.7 Å². The SMILES string of the molecule is Nc1ncnc2c1ncn2[C@@H]1O[C@H](COP(=O)(O)O[C@@H]2[C@H](O)[C@@H](COP(=O)(O)CO[C@@H]3[C@@H](O)[C@@H](COP(=O)(O)CO[C@@H]4[C@@H](O)[C@@H](COP(=O)(O)O)O[C@H]4n4cnc5c(N)ncnc54)O[C@H]3n3cnc4c(N)ncnc43)O[C@H]2n2cnc3c(N)ncnc32)[C@@H](O)[C@H]1O. The second-order valence-electron chi connectivity index (χ2n) is 20.6. The Hall–Kier alpha value is -6.52. The van der Waals surface area contributed by atoms with Gasteiger partial charge in [0.2, 0.25) is 0 Å². The Kier molecular flexibility index (Phi) is 17.8.